The van der Waals surface area contributed by atoms with Crippen LogP contribution in [0.3, 0.4) is 0 Å². The van der Waals surface area contributed by atoms with E-state index in [2.05, 4.69) is 20.8 Å². The lowest BCUT2D eigenvalue weighted by molar-refractivity contribution is 0.00664. The molecule has 0 bridgehead atoms. The second kappa shape index (κ2) is 5.24. The summed E-state index contributed by atoms with van der Waals surface area (Å²) in [4.78, 5) is 12.2. The van der Waals surface area contributed by atoms with Gasteiger partial charge in [-0.3, -0.25) is 0 Å². The van der Waals surface area contributed by atoms with E-state index in [1.165, 1.54) is 0 Å². The zero-order valence-corrected chi connectivity index (χ0v) is 13.0. The van der Waals surface area contributed by atoms with Crippen LogP contribution in [0.25, 0.3) is 0 Å². The van der Waals surface area contributed by atoms with Crippen LogP contribution in [0.4, 0.5) is 0 Å². The lowest BCUT2D eigenvalue weighted by Crippen LogP contribution is -2.24. The van der Waals surface area contributed by atoms with Crippen LogP contribution >= 0.6 is 0 Å². The van der Waals surface area contributed by atoms with E-state index in [0.29, 0.717) is 11.3 Å². The Kier molecular flexibility index (Phi) is 4.28. The molecule has 0 N–H and O–H groups in total. The SMILES string of the molecule is COc1ccc(C(C)(C)C)cc1C(=O)OC(C)(C)C. The predicted octanol–water partition coefficient (Wildman–Crippen LogP) is 3.95. The minimum absolute atomic E-state index is 0.0248. The maximum Gasteiger partial charge on any atom is 0.342 e. The van der Waals surface area contributed by atoms with Crippen molar-refractivity contribution in [2.75, 3.05) is 7.11 Å². The Morgan fingerprint density at radius 2 is 1.63 bits per heavy atom. The standard InChI is InChI=1S/C16H24O3/c1-15(2,3)11-8-9-13(18-7)12(10-11)14(17)19-16(4,5)6/h8-10H,1-7H3. The Bertz CT molecular complexity index is 462. The molecule has 3 heteroatoms. The van der Waals surface area contributed by atoms with E-state index >= 15 is 0 Å². The Morgan fingerprint density at radius 1 is 1.05 bits per heavy atom. The molecule has 0 heterocycles. The minimum Gasteiger partial charge on any atom is -0.496 e. The molecule has 0 unspecified atom stereocenters. The maximum atomic E-state index is 12.2. The van der Waals surface area contributed by atoms with E-state index in [1.807, 2.05) is 39.0 Å². The largest absolute Gasteiger partial charge is 0.496 e. The van der Waals surface area contributed by atoms with E-state index in [4.69, 9.17) is 9.47 Å². The molecule has 0 aliphatic rings. The third-order valence-electron chi connectivity index (χ3n) is 2.68. The molecule has 1 rings (SSSR count). The van der Waals surface area contributed by atoms with Gasteiger partial charge in [0, 0.05) is 0 Å². The first-order chi connectivity index (χ1) is 8.54. The summed E-state index contributed by atoms with van der Waals surface area (Å²) in [7, 11) is 1.56. The molecule has 3 nitrogen and oxygen atoms in total. The maximum absolute atomic E-state index is 12.2. The summed E-state index contributed by atoms with van der Waals surface area (Å²) in [5.41, 5.74) is 1.02. The molecule has 1 aromatic carbocycles. The summed E-state index contributed by atoms with van der Waals surface area (Å²) in [6.07, 6.45) is 0. The molecule has 0 atom stereocenters. The highest BCUT2D eigenvalue weighted by atomic mass is 16.6. The van der Waals surface area contributed by atoms with Gasteiger partial charge in [0.25, 0.3) is 0 Å². The summed E-state index contributed by atoms with van der Waals surface area (Å²) in [6, 6.07) is 5.65. The van der Waals surface area contributed by atoms with Crippen LogP contribution in [0.5, 0.6) is 5.75 Å². The van der Waals surface area contributed by atoms with Crippen LogP contribution in [-0.2, 0) is 10.2 Å². The zero-order valence-electron chi connectivity index (χ0n) is 13.0. The second-order valence-electron chi connectivity index (χ2n) is 6.67. The first-order valence-corrected chi connectivity index (χ1v) is 6.46. The fraction of sp³-hybridized carbons (Fsp3) is 0.562. The molecule has 0 fully saturated rings. The van der Waals surface area contributed by atoms with Crippen molar-refractivity contribution in [1.82, 2.24) is 0 Å². The molecule has 19 heavy (non-hydrogen) atoms. The first-order valence-electron chi connectivity index (χ1n) is 6.46. The number of hydrogen-bond donors (Lipinski definition) is 0. The third-order valence-corrected chi connectivity index (χ3v) is 2.68. The molecule has 0 spiro atoms. The van der Waals surface area contributed by atoms with Gasteiger partial charge in [0.1, 0.15) is 16.9 Å². The van der Waals surface area contributed by atoms with Crippen LogP contribution in [0.2, 0.25) is 0 Å². The van der Waals surface area contributed by atoms with Crippen molar-refractivity contribution >= 4 is 5.97 Å². The van der Waals surface area contributed by atoms with Gasteiger partial charge in [-0.25, -0.2) is 4.79 Å². The van der Waals surface area contributed by atoms with E-state index in [0.717, 1.165) is 5.56 Å². The lowest BCUT2D eigenvalue weighted by Gasteiger charge is -2.23. The molecule has 0 amide bonds. The molecular weight excluding hydrogens is 240 g/mol. The molecule has 0 aliphatic carbocycles. The van der Waals surface area contributed by atoms with Crippen LogP contribution in [0, 0.1) is 0 Å². The smallest absolute Gasteiger partial charge is 0.342 e. The summed E-state index contributed by atoms with van der Waals surface area (Å²) in [5, 5.41) is 0. The van der Waals surface area contributed by atoms with E-state index in [9.17, 15) is 4.79 Å². The number of esters is 1. The summed E-state index contributed by atoms with van der Waals surface area (Å²) in [6.45, 7) is 11.9. The fourth-order valence-electron chi connectivity index (χ4n) is 1.67. The fourth-order valence-corrected chi connectivity index (χ4v) is 1.67. The van der Waals surface area contributed by atoms with Crippen molar-refractivity contribution in [2.24, 2.45) is 0 Å². The molecule has 0 saturated carbocycles. The van der Waals surface area contributed by atoms with Gasteiger partial charge >= 0.3 is 5.97 Å². The van der Waals surface area contributed by atoms with Crippen LogP contribution in [-0.4, -0.2) is 18.7 Å². The first kappa shape index (κ1) is 15.5. The van der Waals surface area contributed by atoms with Gasteiger partial charge < -0.3 is 9.47 Å². The summed E-state index contributed by atoms with van der Waals surface area (Å²) < 4.78 is 10.7. The highest BCUT2D eigenvalue weighted by Crippen LogP contribution is 2.29. The number of benzene rings is 1. The highest BCUT2D eigenvalue weighted by molar-refractivity contribution is 5.93. The van der Waals surface area contributed by atoms with Gasteiger partial charge in [0.15, 0.2) is 0 Å². The zero-order chi connectivity index (χ0) is 14.8. The second-order valence-corrected chi connectivity index (χ2v) is 6.67. The van der Waals surface area contributed by atoms with E-state index in [-0.39, 0.29) is 11.4 Å². The normalized spacial score (nSPS) is 12.2. The van der Waals surface area contributed by atoms with Crippen molar-refractivity contribution in [3.05, 3.63) is 29.3 Å². The molecule has 0 saturated heterocycles. The minimum atomic E-state index is -0.514. The number of carbonyl (C=O) groups excluding carboxylic acids is 1. The van der Waals surface area contributed by atoms with Crippen LogP contribution in [0.15, 0.2) is 18.2 Å². The van der Waals surface area contributed by atoms with Gasteiger partial charge in [0.2, 0.25) is 0 Å². The highest BCUT2D eigenvalue weighted by Gasteiger charge is 2.23. The monoisotopic (exact) mass is 264 g/mol. The quantitative estimate of drug-likeness (QED) is 0.759. The van der Waals surface area contributed by atoms with Gasteiger partial charge in [-0.1, -0.05) is 26.8 Å². The van der Waals surface area contributed by atoms with Crippen molar-refractivity contribution < 1.29 is 14.3 Å². The molecule has 106 valence electrons. The van der Waals surface area contributed by atoms with E-state index in [1.54, 1.807) is 7.11 Å². The molecular formula is C16H24O3. The molecule has 0 aromatic heterocycles. The Hall–Kier alpha value is -1.51. The Balaban J connectivity index is 3.20. The number of hydrogen-bond acceptors (Lipinski definition) is 3. The Labute approximate surface area is 115 Å². The number of ether oxygens (including phenoxy) is 2. The number of carbonyl (C=O) groups is 1. The third kappa shape index (κ3) is 4.27. The van der Waals surface area contributed by atoms with Crippen molar-refractivity contribution in [2.45, 2.75) is 52.6 Å². The molecule has 1 aromatic rings. The average Bonchev–Trinajstić information content (AvgIpc) is 2.24. The van der Waals surface area contributed by atoms with Crippen molar-refractivity contribution in [3.63, 3.8) is 0 Å². The van der Waals surface area contributed by atoms with Gasteiger partial charge in [-0.2, -0.15) is 0 Å². The predicted molar refractivity (Wildman–Crippen MR) is 76.9 cm³/mol. The molecule has 0 radical (unpaired) electrons. The topological polar surface area (TPSA) is 35.5 Å². The summed E-state index contributed by atoms with van der Waals surface area (Å²) >= 11 is 0. The Morgan fingerprint density at radius 3 is 2.05 bits per heavy atom. The van der Waals surface area contributed by atoms with Crippen LogP contribution < -0.4 is 4.74 Å². The average molecular weight is 264 g/mol. The van der Waals surface area contributed by atoms with E-state index < -0.39 is 5.60 Å². The summed E-state index contributed by atoms with van der Waals surface area (Å²) in [5.74, 6) is 0.192. The van der Waals surface area contributed by atoms with Gasteiger partial charge in [0.05, 0.1) is 7.11 Å². The number of rotatable bonds is 2. The lowest BCUT2D eigenvalue weighted by atomic mass is 9.86. The number of methoxy groups -OCH3 is 1. The van der Waals surface area contributed by atoms with Crippen molar-refractivity contribution in [1.29, 1.82) is 0 Å². The van der Waals surface area contributed by atoms with Gasteiger partial charge in [-0.05, 0) is 43.9 Å². The van der Waals surface area contributed by atoms with Gasteiger partial charge in [-0.15, -0.1) is 0 Å². The van der Waals surface area contributed by atoms with Crippen molar-refractivity contribution in [3.8, 4) is 5.75 Å². The van der Waals surface area contributed by atoms with Crippen LogP contribution in [0.1, 0.15) is 57.5 Å². The molecule has 0 aliphatic heterocycles.